The first-order valence-electron chi connectivity index (χ1n) is 7.26. The van der Waals surface area contributed by atoms with Crippen LogP contribution in [0.25, 0.3) is 0 Å². The highest BCUT2D eigenvalue weighted by Gasteiger charge is 2.26. The van der Waals surface area contributed by atoms with Crippen LogP contribution in [0.2, 0.25) is 5.02 Å². The SMILES string of the molecule is O=C(CSc1nncn1C1CC1)NCCc1ccc(Cl)cc1. The predicted octanol–water partition coefficient (Wildman–Crippen LogP) is 2.72. The highest BCUT2D eigenvalue weighted by Crippen LogP contribution is 2.37. The van der Waals surface area contributed by atoms with E-state index in [0.29, 0.717) is 18.3 Å². The molecule has 5 nitrogen and oxygen atoms in total. The molecule has 0 bridgehead atoms. The van der Waals surface area contributed by atoms with Crippen LogP contribution in [-0.4, -0.2) is 33.0 Å². The number of carbonyl (C=O) groups is 1. The largest absolute Gasteiger partial charge is 0.355 e. The molecule has 3 rings (SSSR count). The van der Waals surface area contributed by atoms with E-state index >= 15 is 0 Å². The van der Waals surface area contributed by atoms with Gasteiger partial charge in [0.05, 0.1) is 5.75 Å². The lowest BCUT2D eigenvalue weighted by Crippen LogP contribution is -2.27. The van der Waals surface area contributed by atoms with E-state index in [9.17, 15) is 4.79 Å². The topological polar surface area (TPSA) is 59.8 Å². The first-order valence-corrected chi connectivity index (χ1v) is 8.62. The van der Waals surface area contributed by atoms with Crippen molar-refractivity contribution in [3.8, 4) is 0 Å². The molecule has 0 atom stereocenters. The second-order valence-corrected chi connectivity index (χ2v) is 6.65. The van der Waals surface area contributed by atoms with Crippen LogP contribution < -0.4 is 5.32 Å². The van der Waals surface area contributed by atoms with E-state index in [-0.39, 0.29) is 5.91 Å². The average Bonchev–Trinajstić information content (AvgIpc) is 3.26. The summed E-state index contributed by atoms with van der Waals surface area (Å²) in [5.41, 5.74) is 1.16. The molecular weight excluding hydrogens is 320 g/mol. The van der Waals surface area contributed by atoms with Gasteiger partial charge in [-0.15, -0.1) is 10.2 Å². The number of aromatic nitrogens is 3. The first kappa shape index (κ1) is 15.4. The van der Waals surface area contributed by atoms with Crippen molar-refractivity contribution in [1.29, 1.82) is 0 Å². The molecule has 116 valence electrons. The Morgan fingerprint density at radius 3 is 2.86 bits per heavy atom. The van der Waals surface area contributed by atoms with Crippen LogP contribution in [0.4, 0.5) is 0 Å². The number of nitrogens with zero attached hydrogens (tertiary/aromatic N) is 3. The Kier molecular flexibility index (Phi) is 5.00. The fourth-order valence-electron chi connectivity index (χ4n) is 2.12. The van der Waals surface area contributed by atoms with E-state index in [4.69, 9.17) is 11.6 Å². The Hall–Kier alpha value is -1.53. The van der Waals surface area contributed by atoms with E-state index in [2.05, 4.69) is 20.1 Å². The highest BCUT2D eigenvalue weighted by atomic mass is 35.5. The summed E-state index contributed by atoms with van der Waals surface area (Å²) in [6, 6.07) is 8.20. The number of benzene rings is 1. The van der Waals surface area contributed by atoms with Crippen molar-refractivity contribution in [1.82, 2.24) is 20.1 Å². The third-order valence-electron chi connectivity index (χ3n) is 3.46. The molecule has 0 spiro atoms. The normalized spacial score (nSPS) is 14.0. The third-order valence-corrected chi connectivity index (χ3v) is 4.67. The highest BCUT2D eigenvalue weighted by molar-refractivity contribution is 7.99. The summed E-state index contributed by atoms with van der Waals surface area (Å²) >= 11 is 7.28. The molecule has 7 heteroatoms. The second-order valence-electron chi connectivity index (χ2n) is 5.27. The van der Waals surface area contributed by atoms with Crippen LogP contribution >= 0.6 is 23.4 Å². The quantitative estimate of drug-likeness (QED) is 0.790. The third kappa shape index (κ3) is 4.24. The van der Waals surface area contributed by atoms with Crippen LogP contribution in [0, 0.1) is 0 Å². The van der Waals surface area contributed by atoms with Crippen molar-refractivity contribution in [2.45, 2.75) is 30.5 Å². The fourth-order valence-corrected chi connectivity index (χ4v) is 3.06. The van der Waals surface area contributed by atoms with Crippen molar-refractivity contribution >= 4 is 29.3 Å². The number of nitrogens with one attached hydrogen (secondary N) is 1. The summed E-state index contributed by atoms with van der Waals surface area (Å²) in [5, 5.41) is 12.5. The number of hydrogen-bond donors (Lipinski definition) is 1. The van der Waals surface area contributed by atoms with Crippen molar-refractivity contribution in [2.75, 3.05) is 12.3 Å². The van der Waals surface area contributed by atoms with Crippen molar-refractivity contribution in [2.24, 2.45) is 0 Å². The molecule has 0 radical (unpaired) electrons. The van der Waals surface area contributed by atoms with E-state index in [1.54, 1.807) is 6.33 Å². The standard InChI is InChI=1S/C15H17ClN4OS/c16-12-3-1-11(2-4-12)7-8-17-14(21)9-22-15-19-18-10-20(15)13-5-6-13/h1-4,10,13H,5-9H2,(H,17,21). The zero-order valence-corrected chi connectivity index (χ0v) is 13.6. The molecule has 1 saturated carbocycles. The second kappa shape index (κ2) is 7.15. The molecule has 1 fully saturated rings. The van der Waals surface area contributed by atoms with Crippen LogP contribution in [0.5, 0.6) is 0 Å². The Labute approximate surface area is 138 Å². The summed E-state index contributed by atoms with van der Waals surface area (Å²) in [4.78, 5) is 11.9. The molecule has 1 amide bonds. The molecule has 1 heterocycles. The first-order chi connectivity index (χ1) is 10.7. The summed E-state index contributed by atoms with van der Waals surface area (Å²) < 4.78 is 2.06. The lowest BCUT2D eigenvalue weighted by atomic mass is 10.1. The van der Waals surface area contributed by atoms with Crippen molar-refractivity contribution < 1.29 is 4.79 Å². The van der Waals surface area contributed by atoms with Gasteiger partial charge in [0.15, 0.2) is 5.16 Å². The summed E-state index contributed by atoms with van der Waals surface area (Å²) in [6.45, 7) is 0.621. The van der Waals surface area contributed by atoms with Gasteiger partial charge in [0.25, 0.3) is 0 Å². The van der Waals surface area contributed by atoms with Crippen LogP contribution in [0.15, 0.2) is 35.7 Å². The van der Waals surface area contributed by atoms with Gasteiger partial charge in [-0.1, -0.05) is 35.5 Å². The van der Waals surface area contributed by atoms with Crippen LogP contribution in [0.1, 0.15) is 24.4 Å². The smallest absolute Gasteiger partial charge is 0.230 e. The summed E-state index contributed by atoms with van der Waals surface area (Å²) in [6.07, 6.45) is 4.90. The lowest BCUT2D eigenvalue weighted by molar-refractivity contribution is -0.118. The minimum Gasteiger partial charge on any atom is -0.355 e. The minimum absolute atomic E-state index is 0.0179. The van der Waals surface area contributed by atoms with Gasteiger partial charge in [0.2, 0.25) is 5.91 Å². The molecular formula is C15H17ClN4OS. The van der Waals surface area contributed by atoms with Gasteiger partial charge >= 0.3 is 0 Å². The molecule has 1 N–H and O–H groups in total. The molecule has 2 aromatic rings. The van der Waals surface area contributed by atoms with E-state index in [0.717, 1.165) is 22.2 Å². The zero-order chi connectivity index (χ0) is 15.4. The zero-order valence-electron chi connectivity index (χ0n) is 12.0. The van der Waals surface area contributed by atoms with Gasteiger partial charge in [-0.3, -0.25) is 4.79 Å². The van der Waals surface area contributed by atoms with E-state index < -0.39 is 0 Å². The van der Waals surface area contributed by atoms with Crippen molar-refractivity contribution in [3.05, 3.63) is 41.2 Å². The molecule has 22 heavy (non-hydrogen) atoms. The maximum Gasteiger partial charge on any atom is 0.230 e. The monoisotopic (exact) mass is 336 g/mol. The van der Waals surface area contributed by atoms with E-state index in [1.165, 1.54) is 24.6 Å². The molecule has 1 aliphatic carbocycles. The number of hydrogen-bond acceptors (Lipinski definition) is 4. The minimum atomic E-state index is 0.0179. The number of thioether (sulfide) groups is 1. The number of carbonyl (C=O) groups excluding carboxylic acids is 1. The molecule has 0 unspecified atom stereocenters. The Morgan fingerprint density at radius 2 is 2.14 bits per heavy atom. The molecule has 1 aromatic heterocycles. The maximum atomic E-state index is 11.9. The van der Waals surface area contributed by atoms with Gasteiger partial charge < -0.3 is 9.88 Å². The van der Waals surface area contributed by atoms with Crippen LogP contribution in [0.3, 0.4) is 0 Å². The molecule has 1 aromatic carbocycles. The van der Waals surface area contributed by atoms with Crippen LogP contribution in [-0.2, 0) is 11.2 Å². The van der Waals surface area contributed by atoms with Gasteiger partial charge in [-0.05, 0) is 37.0 Å². The molecule has 0 aliphatic heterocycles. The van der Waals surface area contributed by atoms with Crippen molar-refractivity contribution in [3.63, 3.8) is 0 Å². The van der Waals surface area contributed by atoms with Gasteiger partial charge in [-0.25, -0.2) is 0 Å². The average molecular weight is 337 g/mol. The molecule has 0 saturated heterocycles. The Bertz CT molecular complexity index is 639. The Morgan fingerprint density at radius 1 is 1.36 bits per heavy atom. The predicted molar refractivity (Wildman–Crippen MR) is 87.2 cm³/mol. The summed E-state index contributed by atoms with van der Waals surface area (Å²) in [7, 11) is 0. The Balaban J connectivity index is 1.39. The van der Waals surface area contributed by atoms with Gasteiger partial charge in [-0.2, -0.15) is 0 Å². The lowest BCUT2D eigenvalue weighted by Gasteiger charge is -2.06. The number of halogens is 1. The summed E-state index contributed by atoms with van der Waals surface area (Å²) in [5.74, 6) is 0.385. The number of rotatable bonds is 7. The molecule has 1 aliphatic rings. The van der Waals surface area contributed by atoms with Gasteiger partial charge in [0, 0.05) is 17.6 Å². The maximum absolute atomic E-state index is 11.9. The fraction of sp³-hybridized carbons (Fsp3) is 0.400. The van der Waals surface area contributed by atoms with Gasteiger partial charge in [0.1, 0.15) is 6.33 Å². The number of amides is 1. The van der Waals surface area contributed by atoms with E-state index in [1.807, 2.05) is 24.3 Å².